The lowest BCUT2D eigenvalue weighted by Gasteiger charge is -2.11. The molecule has 0 amide bonds. The molecule has 116 valence electrons. The molecule has 5 nitrogen and oxygen atoms in total. The van der Waals surface area contributed by atoms with E-state index in [1.54, 1.807) is 19.2 Å². The highest BCUT2D eigenvalue weighted by Crippen LogP contribution is 2.68. The predicted molar refractivity (Wildman–Crippen MR) is 84.1 cm³/mol. The van der Waals surface area contributed by atoms with Gasteiger partial charge in [0.15, 0.2) is 0 Å². The summed E-state index contributed by atoms with van der Waals surface area (Å²) in [7, 11) is 0. The third-order valence-corrected chi connectivity index (χ3v) is 5.20. The van der Waals surface area contributed by atoms with Gasteiger partial charge in [-0.2, -0.15) is 0 Å². The van der Waals surface area contributed by atoms with E-state index in [1.807, 2.05) is 0 Å². The molecule has 1 fully saturated rings. The zero-order valence-corrected chi connectivity index (χ0v) is 13.5. The molecule has 0 unspecified atom stereocenters. The van der Waals surface area contributed by atoms with Gasteiger partial charge < -0.3 is 15.8 Å². The van der Waals surface area contributed by atoms with Crippen LogP contribution in [0.2, 0.25) is 0 Å². The zero-order valence-electron chi connectivity index (χ0n) is 13.5. The molecule has 0 aliphatic heterocycles. The van der Waals surface area contributed by atoms with Crippen LogP contribution in [-0.4, -0.2) is 24.1 Å². The van der Waals surface area contributed by atoms with E-state index in [2.05, 4.69) is 38.0 Å². The van der Waals surface area contributed by atoms with Crippen molar-refractivity contribution in [2.45, 2.75) is 34.6 Å². The summed E-state index contributed by atoms with van der Waals surface area (Å²) in [6, 6.07) is 1.61. The average Bonchev–Trinajstić information content (AvgIpc) is 2.78. The number of nitrogens with one attached hydrogen (secondary N) is 1. The SMILES string of the molecule is CCOC(=O)c1cc(N)cnc1NCC1C(C)(C)C1(C)C. The van der Waals surface area contributed by atoms with Gasteiger partial charge in [0.2, 0.25) is 0 Å². The Morgan fingerprint density at radius 2 is 2.00 bits per heavy atom. The number of nitrogen functional groups attached to an aromatic ring is 1. The molecule has 0 radical (unpaired) electrons. The van der Waals surface area contributed by atoms with Crippen LogP contribution < -0.4 is 11.1 Å². The van der Waals surface area contributed by atoms with Crippen LogP contribution in [0.5, 0.6) is 0 Å². The molecule has 0 bridgehead atoms. The van der Waals surface area contributed by atoms with Crippen molar-refractivity contribution in [3.63, 3.8) is 0 Å². The molecule has 21 heavy (non-hydrogen) atoms. The van der Waals surface area contributed by atoms with Gasteiger partial charge in [0.25, 0.3) is 0 Å². The predicted octanol–water partition coefficient (Wildman–Crippen LogP) is 2.93. The lowest BCUT2D eigenvalue weighted by molar-refractivity contribution is 0.0527. The first kappa shape index (κ1) is 15.6. The Labute approximate surface area is 126 Å². The van der Waals surface area contributed by atoms with E-state index in [-0.39, 0.29) is 10.8 Å². The zero-order chi connectivity index (χ0) is 15.8. The molecule has 0 aromatic carbocycles. The van der Waals surface area contributed by atoms with E-state index in [1.165, 1.54) is 0 Å². The largest absolute Gasteiger partial charge is 0.462 e. The first-order valence-corrected chi connectivity index (χ1v) is 7.38. The van der Waals surface area contributed by atoms with Crippen molar-refractivity contribution in [1.82, 2.24) is 4.98 Å². The van der Waals surface area contributed by atoms with E-state index in [4.69, 9.17) is 10.5 Å². The Morgan fingerprint density at radius 1 is 1.38 bits per heavy atom. The Bertz CT molecular complexity index is 538. The summed E-state index contributed by atoms with van der Waals surface area (Å²) in [5.74, 6) is 0.690. The minimum absolute atomic E-state index is 0.290. The number of nitrogens with zero attached hydrogens (tertiary/aromatic N) is 1. The second-order valence-corrected chi connectivity index (χ2v) is 6.76. The van der Waals surface area contributed by atoms with Crippen molar-refractivity contribution in [1.29, 1.82) is 0 Å². The summed E-state index contributed by atoms with van der Waals surface area (Å²) in [5, 5.41) is 3.29. The number of hydrogen-bond donors (Lipinski definition) is 2. The first-order valence-electron chi connectivity index (χ1n) is 7.38. The number of nitrogens with two attached hydrogens (primary N) is 1. The first-order chi connectivity index (χ1) is 9.71. The number of ether oxygens (including phenoxy) is 1. The molecular weight excluding hydrogens is 266 g/mol. The molecule has 1 aromatic heterocycles. The number of hydrogen-bond acceptors (Lipinski definition) is 5. The van der Waals surface area contributed by atoms with Gasteiger partial charge in [-0.05, 0) is 29.7 Å². The number of anilines is 2. The van der Waals surface area contributed by atoms with Crippen LogP contribution in [0, 0.1) is 16.7 Å². The van der Waals surface area contributed by atoms with Gasteiger partial charge >= 0.3 is 5.97 Å². The van der Waals surface area contributed by atoms with Crippen LogP contribution in [-0.2, 0) is 4.74 Å². The average molecular weight is 291 g/mol. The highest BCUT2D eigenvalue weighted by atomic mass is 16.5. The molecule has 0 atom stereocenters. The molecule has 1 aromatic rings. The van der Waals surface area contributed by atoms with Crippen molar-refractivity contribution in [2.24, 2.45) is 16.7 Å². The minimum Gasteiger partial charge on any atom is -0.462 e. The Balaban J connectivity index is 2.12. The number of aromatic nitrogens is 1. The molecule has 0 saturated heterocycles. The maximum atomic E-state index is 12.0. The van der Waals surface area contributed by atoms with E-state index >= 15 is 0 Å². The summed E-state index contributed by atoms with van der Waals surface area (Å²) in [5.41, 5.74) is 7.15. The van der Waals surface area contributed by atoms with Crippen molar-refractivity contribution >= 4 is 17.5 Å². The van der Waals surface area contributed by atoms with Gasteiger partial charge in [0.05, 0.1) is 18.5 Å². The number of carbonyl (C=O) groups is 1. The van der Waals surface area contributed by atoms with Gasteiger partial charge in [0, 0.05) is 6.54 Å². The molecule has 1 aliphatic carbocycles. The summed E-state index contributed by atoms with van der Waals surface area (Å²) < 4.78 is 5.05. The smallest absolute Gasteiger partial charge is 0.341 e. The Hall–Kier alpha value is -1.78. The molecule has 1 saturated carbocycles. The topological polar surface area (TPSA) is 77.2 Å². The fourth-order valence-corrected chi connectivity index (χ4v) is 3.03. The molecule has 1 heterocycles. The van der Waals surface area contributed by atoms with Gasteiger partial charge in [-0.3, -0.25) is 0 Å². The van der Waals surface area contributed by atoms with Crippen LogP contribution in [0.25, 0.3) is 0 Å². The summed E-state index contributed by atoms with van der Waals surface area (Å²) >= 11 is 0. The highest BCUT2D eigenvalue weighted by Gasteiger charge is 2.64. The van der Waals surface area contributed by atoms with Crippen molar-refractivity contribution in [3.8, 4) is 0 Å². The molecule has 0 spiro atoms. The van der Waals surface area contributed by atoms with Crippen molar-refractivity contribution in [3.05, 3.63) is 17.8 Å². The van der Waals surface area contributed by atoms with Gasteiger partial charge in [-0.15, -0.1) is 0 Å². The normalized spacial score (nSPS) is 19.1. The summed E-state index contributed by atoms with van der Waals surface area (Å²) in [6.45, 7) is 12.0. The van der Waals surface area contributed by atoms with Crippen molar-refractivity contribution in [2.75, 3.05) is 24.2 Å². The summed E-state index contributed by atoms with van der Waals surface area (Å²) in [6.07, 6.45) is 1.55. The third-order valence-electron chi connectivity index (χ3n) is 5.20. The van der Waals surface area contributed by atoms with E-state index in [0.29, 0.717) is 29.6 Å². The standard InChI is InChI=1S/C16H25N3O2/c1-6-21-14(20)11-7-10(17)8-18-13(11)19-9-12-15(2,3)16(12,4)5/h7-8,12H,6,9,17H2,1-5H3,(H,18,19). The third kappa shape index (κ3) is 2.69. The number of pyridine rings is 1. The molecule has 3 N–H and O–H groups in total. The lowest BCUT2D eigenvalue weighted by atomic mass is 10.0. The van der Waals surface area contributed by atoms with Crippen LogP contribution in [0.15, 0.2) is 12.3 Å². The van der Waals surface area contributed by atoms with Crippen LogP contribution >= 0.6 is 0 Å². The van der Waals surface area contributed by atoms with E-state index < -0.39 is 5.97 Å². The number of carbonyl (C=O) groups excluding carboxylic acids is 1. The van der Waals surface area contributed by atoms with Crippen LogP contribution in [0.1, 0.15) is 45.0 Å². The van der Waals surface area contributed by atoms with Crippen molar-refractivity contribution < 1.29 is 9.53 Å². The monoisotopic (exact) mass is 291 g/mol. The van der Waals surface area contributed by atoms with Gasteiger partial charge in [-0.25, -0.2) is 9.78 Å². The fourth-order valence-electron chi connectivity index (χ4n) is 3.03. The number of esters is 1. The molecule has 2 rings (SSSR count). The second kappa shape index (κ2) is 5.20. The second-order valence-electron chi connectivity index (χ2n) is 6.76. The number of rotatable bonds is 5. The maximum Gasteiger partial charge on any atom is 0.341 e. The maximum absolute atomic E-state index is 12.0. The van der Waals surface area contributed by atoms with E-state index in [9.17, 15) is 4.79 Å². The van der Waals surface area contributed by atoms with Crippen LogP contribution in [0.3, 0.4) is 0 Å². The fraction of sp³-hybridized carbons (Fsp3) is 0.625. The molecule has 1 aliphatic rings. The van der Waals surface area contributed by atoms with Crippen LogP contribution in [0.4, 0.5) is 11.5 Å². The molecular formula is C16H25N3O2. The quantitative estimate of drug-likeness (QED) is 0.816. The van der Waals surface area contributed by atoms with Gasteiger partial charge in [-0.1, -0.05) is 27.7 Å². The highest BCUT2D eigenvalue weighted by molar-refractivity contribution is 5.95. The lowest BCUT2D eigenvalue weighted by Crippen LogP contribution is -2.15. The minimum atomic E-state index is -0.394. The Morgan fingerprint density at radius 3 is 2.52 bits per heavy atom. The summed E-state index contributed by atoms with van der Waals surface area (Å²) in [4.78, 5) is 16.2. The van der Waals surface area contributed by atoms with Gasteiger partial charge in [0.1, 0.15) is 11.4 Å². The Kier molecular flexibility index (Phi) is 3.87. The van der Waals surface area contributed by atoms with E-state index in [0.717, 1.165) is 6.54 Å². The molecule has 5 heteroatoms.